The third kappa shape index (κ3) is 5.97. The topological polar surface area (TPSA) is 63.7 Å². The van der Waals surface area contributed by atoms with Crippen molar-refractivity contribution in [1.82, 2.24) is 4.90 Å². The number of rotatable bonds is 9. The van der Waals surface area contributed by atoms with E-state index in [0.717, 1.165) is 11.1 Å². The summed E-state index contributed by atoms with van der Waals surface area (Å²) in [7, 11) is -3.98. The van der Waals surface area contributed by atoms with E-state index < -0.39 is 27.3 Å². The van der Waals surface area contributed by atoms with E-state index in [4.69, 9.17) is 4.74 Å². The van der Waals surface area contributed by atoms with Crippen molar-refractivity contribution in [2.45, 2.75) is 69.4 Å². The van der Waals surface area contributed by atoms with E-state index in [1.807, 2.05) is 65.0 Å². The Morgan fingerprint density at radius 3 is 2.03 bits per heavy atom. The number of amides is 1. The average Bonchev–Trinajstić information content (AvgIpc) is 2.71. The standard InChI is InChI=1S/C25H33NO4S/c1-7-11-23(21-12-9-8-10-13-21)24(30-25(27)26(18(2)3)19(4)5)31(28,29)22-16-14-20(6)15-17-22/h7-10,12-19,23-24H,1,11H2,2-6H3/t23-,24-/m1/s1. The molecule has 0 spiro atoms. The first-order valence-electron chi connectivity index (χ1n) is 10.5. The Morgan fingerprint density at radius 2 is 1.55 bits per heavy atom. The number of carbonyl (C=O) groups is 1. The number of carbonyl (C=O) groups excluding carboxylic acids is 1. The van der Waals surface area contributed by atoms with Crippen molar-refractivity contribution in [3.8, 4) is 0 Å². The lowest BCUT2D eigenvalue weighted by atomic mass is 9.96. The van der Waals surface area contributed by atoms with Gasteiger partial charge in [-0.15, -0.1) is 6.58 Å². The number of benzene rings is 2. The molecule has 0 saturated heterocycles. The number of allylic oxidation sites excluding steroid dienone is 1. The zero-order valence-corrected chi connectivity index (χ0v) is 19.8. The first kappa shape index (κ1) is 24.7. The Balaban J connectivity index is 2.58. The van der Waals surface area contributed by atoms with Crippen LogP contribution in [0.2, 0.25) is 0 Å². The van der Waals surface area contributed by atoms with Gasteiger partial charge in [0, 0.05) is 18.0 Å². The number of hydrogen-bond acceptors (Lipinski definition) is 4. The number of sulfone groups is 1. The van der Waals surface area contributed by atoms with Gasteiger partial charge < -0.3 is 9.64 Å². The van der Waals surface area contributed by atoms with E-state index >= 15 is 0 Å². The molecule has 0 radical (unpaired) electrons. The van der Waals surface area contributed by atoms with E-state index in [1.165, 1.54) is 0 Å². The van der Waals surface area contributed by atoms with Gasteiger partial charge in [0.2, 0.25) is 15.3 Å². The molecule has 2 aromatic rings. The Kier molecular flexibility index (Phi) is 8.45. The lowest BCUT2D eigenvalue weighted by Crippen LogP contribution is -2.45. The predicted molar refractivity (Wildman–Crippen MR) is 125 cm³/mol. The van der Waals surface area contributed by atoms with Crippen LogP contribution in [0.25, 0.3) is 0 Å². The minimum atomic E-state index is -3.98. The van der Waals surface area contributed by atoms with Gasteiger partial charge in [-0.25, -0.2) is 13.2 Å². The Hall–Kier alpha value is -2.60. The molecule has 1 amide bonds. The predicted octanol–water partition coefficient (Wildman–Crippen LogP) is 5.71. The van der Waals surface area contributed by atoms with Crippen LogP contribution < -0.4 is 0 Å². The fraction of sp³-hybridized carbons (Fsp3) is 0.400. The van der Waals surface area contributed by atoms with Gasteiger partial charge in [-0.1, -0.05) is 54.1 Å². The molecule has 168 valence electrons. The van der Waals surface area contributed by atoms with Crippen molar-refractivity contribution in [2.75, 3.05) is 0 Å². The van der Waals surface area contributed by atoms with Crippen LogP contribution in [-0.4, -0.2) is 36.9 Å². The molecule has 0 aromatic heterocycles. The Morgan fingerprint density at radius 1 is 1.00 bits per heavy atom. The van der Waals surface area contributed by atoms with Crippen molar-refractivity contribution < 1.29 is 17.9 Å². The average molecular weight is 444 g/mol. The van der Waals surface area contributed by atoms with Gasteiger partial charge in [-0.3, -0.25) is 0 Å². The zero-order valence-electron chi connectivity index (χ0n) is 19.0. The molecule has 0 aliphatic carbocycles. The minimum absolute atomic E-state index is 0.126. The number of ether oxygens (including phenoxy) is 1. The van der Waals surface area contributed by atoms with E-state index in [1.54, 1.807) is 35.2 Å². The number of hydrogen-bond donors (Lipinski definition) is 0. The SMILES string of the molecule is C=CC[C@H](c1ccccc1)[C@H](OC(=O)N(C(C)C)C(C)C)S(=O)(=O)c1ccc(C)cc1. The summed E-state index contributed by atoms with van der Waals surface area (Å²) in [6.07, 6.45) is 1.36. The second kappa shape index (κ2) is 10.6. The minimum Gasteiger partial charge on any atom is -0.429 e. The maximum Gasteiger partial charge on any atom is 0.411 e. The maximum atomic E-state index is 13.7. The molecule has 0 aliphatic heterocycles. The van der Waals surface area contributed by atoms with Crippen molar-refractivity contribution in [2.24, 2.45) is 0 Å². The third-order valence-corrected chi connectivity index (χ3v) is 7.14. The lowest BCUT2D eigenvalue weighted by molar-refractivity contribution is 0.0613. The maximum absolute atomic E-state index is 13.7. The van der Waals surface area contributed by atoms with Crippen LogP contribution in [0.3, 0.4) is 0 Å². The van der Waals surface area contributed by atoms with Crippen LogP contribution in [0.1, 0.15) is 51.2 Å². The molecule has 6 heteroatoms. The molecule has 2 atom stereocenters. The summed E-state index contributed by atoms with van der Waals surface area (Å²) in [4.78, 5) is 14.8. The molecular formula is C25H33NO4S. The van der Waals surface area contributed by atoms with Gasteiger partial charge >= 0.3 is 6.09 Å². The molecule has 2 aromatic carbocycles. The molecular weight excluding hydrogens is 410 g/mol. The van der Waals surface area contributed by atoms with Crippen LogP contribution in [0.4, 0.5) is 4.79 Å². The molecule has 0 fully saturated rings. The highest BCUT2D eigenvalue weighted by molar-refractivity contribution is 7.92. The normalized spacial score (nSPS) is 13.6. The van der Waals surface area contributed by atoms with Gasteiger partial charge in [0.15, 0.2) is 0 Å². The molecule has 2 rings (SSSR count). The zero-order chi connectivity index (χ0) is 23.2. The summed E-state index contributed by atoms with van der Waals surface area (Å²) in [5, 5.41) is 0. The number of aryl methyl sites for hydroxylation is 1. The third-order valence-electron chi connectivity index (χ3n) is 5.17. The van der Waals surface area contributed by atoms with Gasteiger partial charge in [-0.2, -0.15) is 0 Å². The van der Waals surface area contributed by atoms with E-state index in [-0.39, 0.29) is 17.0 Å². The molecule has 0 unspecified atom stereocenters. The smallest absolute Gasteiger partial charge is 0.411 e. The van der Waals surface area contributed by atoms with Gasteiger partial charge in [0.1, 0.15) is 0 Å². The van der Waals surface area contributed by atoms with Crippen molar-refractivity contribution in [1.29, 1.82) is 0 Å². The van der Waals surface area contributed by atoms with Crippen LogP contribution in [0.5, 0.6) is 0 Å². The number of nitrogens with zero attached hydrogens (tertiary/aromatic N) is 1. The van der Waals surface area contributed by atoms with Gasteiger partial charge in [-0.05, 0) is 58.7 Å². The Bertz CT molecular complexity index is 958. The molecule has 0 aliphatic rings. The molecule has 0 N–H and O–H groups in total. The summed E-state index contributed by atoms with van der Waals surface area (Å²) in [6, 6.07) is 15.6. The summed E-state index contributed by atoms with van der Waals surface area (Å²) in [5.74, 6) is -0.588. The fourth-order valence-corrected chi connectivity index (χ4v) is 5.38. The largest absolute Gasteiger partial charge is 0.429 e. The summed E-state index contributed by atoms with van der Waals surface area (Å²) in [5.41, 5.74) is 0.337. The van der Waals surface area contributed by atoms with Gasteiger partial charge in [0.25, 0.3) is 0 Å². The highest BCUT2D eigenvalue weighted by Gasteiger charge is 2.40. The second-order valence-electron chi connectivity index (χ2n) is 8.25. The van der Waals surface area contributed by atoms with Crippen molar-refractivity contribution in [3.63, 3.8) is 0 Å². The van der Waals surface area contributed by atoms with Crippen LogP contribution in [0.15, 0.2) is 72.1 Å². The highest BCUT2D eigenvalue weighted by atomic mass is 32.2. The molecule has 31 heavy (non-hydrogen) atoms. The fourth-order valence-electron chi connectivity index (χ4n) is 3.69. The molecule has 0 saturated carbocycles. The first-order chi connectivity index (χ1) is 14.6. The van der Waals surface area contributed by atoms with E-state index in [9.17, 15) is 13.2 Å². The Labute approximate surface area is 186 Å². The van der Waals surface area contributed by atoms with E-state index in [2.05, 4.69) is 6.58 Å². The second-order valence-corrected chi connectivity index (χ2v) is 10.3. The van der Waals surface area contributed by atoms with Gasteiger partial charge in [0.05, 0.1) is 4.90 Å². The highest BCUT2D eigenvalue weighted by Crippen LogP contribution is 2.33. The lowest BCUT2D eigenvalue weighted by Gasteiger charge is -2.33. The van der Waals surface area contributed by atoms with Crippen molar-refractivity contribution in [3.05, 3.63) is 78.4 Å². The quantitative estimate of drug-likeness (QED) is 0.466. The van der Waals surface area contributed by atoms with Crippen LogP contribution in [0, 0.1) is 6.92 Å². The van der Waals surface area contributed by atoms with Crippen molar-refractivity contribution >= 4 is 15.9 Å². The summed E-state index contributed by atoms with van der Waals surface area (Å²) < 4.78 is 33.2. The van der Waals surface area contributed by atoms with Crippen LogP contribution in [-0.2, 0) is 14.6 Å². The monoisotopic (exact) mass is 443 g/mol. The molecule has 0 heterocycles. The summed E-state index contributed by atoms with van der Waals surface area (Å²) in [6.45, 7) is 13.2. The summed E-state index contributed by atoms with van der Waals surface area (Å²) >= 11 is 0. The van der Waals surface area contributed by atoms with Crippen LogP contribution >= 0.6 is 0 Å². The van der Waals surface area contributed by atoms with E-state index in [0.29, 0.717) is 6.42 Å². The first-order valence-corrected chi connectivity index (χ1v) is 12.1. The molecule has 5 nitrogen and oxygen atoms in total. The molecule has 0 bridgehead atoms.